The first-order chi connectivity index (χ1) is 17.5. The number of aromatic nitrogens is 3. The molecule has 0 unspecified atom stereocenters. The van der Waals surface area contributed by atoms with E-state index in [0.29, 0.717) is 22.7 Å². The Morgan fingerprint density at radius 3 is 2.44 bits per heavy atom. The van der Waals surface area contributed by atoms with E-state index in [0.717, 1.165) is 27.9 Å². The van der Waals surface area contributed by atoms with E-state index in [1.54, 1.807) is 11.5 Å². The average Bonchev–Trinajstić information content (AvgIpc) is 2.89. The standard InChI is InChI=1S/C30H25N5O/c1-19-13-15-22(16-14-19)25-12-8-9-23-17-27(20(2)33-29-26(31-4)18-32-21(3)34-29)35(30(36)28(23)25)24-10-6-5-7-11-24/h5-18,20H,1-3H3,(H,32,33,34)/t20-/m0/s1. The fourth-order valence-electron chi connectivity index (χ4n) is 4.45. The Balaban J connectivity index is 1.74. The van der Waals surface area contributed by atoms with Gasteiger partial charge in [-0.15, -0.1) is 0 Å². The van der Waals surface area contributed by atoms with Crippen molar-refractivity contribution in [2.45, 2.75) is 26.8 Å². The predicted octanol–water partition coefficient (Wildman–Crippen LogP) is 6.79. The second-order valence-corrected chi connectivity index (χ2v) is 8.81. The molecule has 0 radical (unpaired) electrons. The van der Waals surface area contributed by atoms with Gasteiger partial charge in [0.25, 0.3) is 5.56 Å². The minimum Gasteiger partial charge on any atom is -0.371 e. The molecule has 0 bridgehead atoms. The van der Waals surface area contributed by atoms with Gasteiger partial charge in [-0.25, -0.2) is 9.83 Å². The lowest BCUT2D eigenvalue weighted by Gasteiger charge is -2.22. The Hall–Kier alpha value is -4.76. The lowest BCUT2D eigenvalue weighted by molar-refractivity contribution is 0.772. The summed E-state index contributed by atoms with van der Waals surface area (Å²) >= 11 is 0. The molecule has 1 N–H and O–H groups in total. The van der Waals surface area contributed by atoms with Gasteiger partial charge in [0.2, 0.25) is 5.69 Å². The maximum Gasteiger partial charge on any atom is 0.263 e. The molecule has 176 valence electrons. The molecular formula is C30H25N5O. The van der Waals surface area contributed by atoms with Gasteiger partial charge >= 0.3 is 0 Å². The Labute approximate surface area is 209 Å². The van der Waals surface area contributed by atoms with E-state index in [4.69, 9.17) is 6.57 Å². The number of benzene rings is 3. The highest BCUT2D eigenvalue weighted by Crippen LogP contribution is 2.31. The minimum absolute atomic E-state index is 0.0946. The number of aryl methyl sites for hydroxylation is 2. The summed E-state index contributed by atoms with van der Waals surface area (Å²) in [6.07, 6.45) is 1.52. The number of hydrogen-bond donors (Lipinski definition) is 1. The Kier molecular flexibility index (Phi) is 6.05. The molecule has 5 rings (SSSR count). The molecular weight excluding hydrogens is 446 g/mol. The summed E-state index contributed by atoms with van der Waals surface area (Å²) in [5.41, 5.74) is 4.85. The number of para-hydroxylation sites is 1. The van der Waals surface area contributed by atoms with Crippen LogP contribution in [0.4, 0.5) is 11.5 Å². The number of hydrogen-bond acceptors (Lipinski definition) is 4. The fraction of sp³-hybridized carbons (Fsp3) is 0.133. The summed E-state index contributed by atoms with van der Waals surface area (Å²) in [5, 5.41) is 4.88. The van der Waals surface area contributed by atoms with Crippen molar-refractivity contribution in [1.82, 2.24) is 14.5 Å². The number of nitrogens with one attached hydrogen (secondary N) is 1. The number of fused-ring (bicyclic) bond motifs is 1. The van der Waals surface area contributed by atoms with Gasteiger partial charge in [-0.3, -0.25) is 14.3 Å². The zero-order chi connectivity index (χ0) is 25.2. The first-order valence-electron chi connectivity index (χ1n) is 11.7. The van der Waals surface area contributed by atoms with Gasteiger partial charge < -0.3 is 5.32 Å². The van der Waals surface area contributed by atoms with Crippen LogP contribution in [0.25, 0.3) is 32.4 Å². The summed E-state index contributed by atoms with van der Waals surface area (Å²) < 4.78 is 1.75. The van der Waals surface area contributed by atoms with Crippen LogP contribution in [0.3, 0.4) is 0 Å². The number of anilines is 1. The van der Waals surface area contributed by atoms with Gasteiger partial charge in [-0.05, 0) is 55.5 Å². The molecule has 3 aromatic carbocycles. The highest BCUT2D eigenvalue weighted by Gasteiger charge is 2.20. The largest absolute Gasteiger partial charge is 0.371 e. The lowest BCUT2D eigenvalue weighted by atomic mass is 9.97. The van der Waals surface area contributed by atoms with Crippen LogP contribution in [0.2, 0.25) is 0 Å². The number of pyridine rings is 1. The van der Waals surface area contributed by atoms with E-state index < -0.39 is 0 Å². The molecule has 0 saturated carbocycles. The van der Waals surface area contributed by atoms with Crippen LogP contribution in [0.15, 0.2) is 89.9 Å². The van der Waals surface area contributed by atoms with Crippen LogP contribution >= 0.6 is 0 Å². The van der Waals surface area contributed by atoms with E-state index in [2.05, 4.69) is 51.3 Å². The van der Waals surface area contributed by atoms with Crippen LogP contribution < -0.4 is 10.9 Å². The van der Waals surface area contributed by atoms with E-state index in [9.17, 15) is 4.79 Å². The molecule has 0 spiro atoms. The maximum absolute atomic E-state index is 14.2. The molecule has 0 saturated heterocycles. The van der Waals surface area contributed by atoms with Crippen LogP contribution in [0, 0.1) is 20.4 Å². The maximum atomic E-state index is 14.2. The van der Waals surface area contributed by atoms with Crippen molar-refractivity contribution in [2.24, 2.45) is 0 Å². The molecule has 36 heavy (non-hydrogen) atoms. The summed E-state index contributed by atoms with van der Waals surface area (Å²) in [6.45, 7) is 13.3. The molecule has 2 aromatic heterocycles. The smallest absolute Gasteiger partial charge is 0.263 e. The molecule has 0 aliphatic rings. The summed E-state index contributed by atoms with van der Waals surface area (Å²) in [6, 6.07) is 25.5. The third-order valence-corrected chi connectivity index (χ3v) is 6.26. The second kappa shape index (κ2) is 9.47. The van der Waals surface area contributed by atoms with Crippen molar-refractivity contribution in [3.05, 3.63) is 124 Å². The van der Waals surface area contributed by atoms with Gasteiger partial charge in [0, 0.05) is 17.6 Å². The normalized spacial score (nSPS) is 11.7. The zero-order valence-corrected chi connectivity index (χ0v) is 20.4. The zero-order valence-electron chi connectivity index (χ0n) is 20.4. The van der Waals surface area contributed by atoms with E-state index in [-0.39, 0.29) is 11.6 Å². The SMILES string of the molecule is [C-]#[N+]c1cnc(C)nc1N[C@@H](C)c1cc2cccc(-c3ccc(C)cc3)c2c(=O)n1-c1ccccc1. The van der Waals surface area contributed by atoms with Crippen LogP contribution in [0.1, 0.15) is 30.0 Å². The molecule has 0 amide bonds. The second-order valence-electron chi connectivity index (χ2n) is 8.81. The van der Waals surface area contributed by atoms with E-state index in [1.165, 1.54) is 11.8 Å². The van der Waals surface area contributed by atoms with Crippen LogP contribution in [0.5, 0.6) is 0 Å². The van der Waals surface area contributed by atoms with Crippen molar-refractivity contribution >= 4 is 22.3 Å². The molecule has 6 heteroatoms. The number of rotatable bonds is 5. The number of nitrogens with zero attached hydrogens (tertiary/aromatic N) is 4. The monoisotopic (exact) mass is 471 g/mol. The lowest BCUT2D eigenvalue weighted by Crippen LogP contribution is -2.26. The average molecular weight is 472 g/mol. The molecule has 0 aliphatic carbocycles. The van der Waals surface area contributed by atoms with Gasteiger partial charge in [-0.1, -0.05) is 66.2 Å². The highest BCUT2D eigenvalue weighted by atomic mass is 16.1. The van der Waals surface area contributed by atoms with Crippen molar-refractivity contribution in [2.75, 3.05) is 5.32 Å². The molecule has 1 atom stereocenters. The first kappa shape index (κ1) is 23.0. The summed E-state index contributed by atoms with van der Waals surface area (Å²) in [4.78, 5) is 26.3. The van der Waals surface area contributed by atoms with Crippen molar-refractivity contribution in [3.8, 4) is 16.8 Å². The summed E-state index contributed by atoms with van der Waals surface area (Å²) in [5.74, 6) is 1.02. The van der Waals surface area contributed by atoms with Crippen LogP contribution in [-0.2, 0) is 0 Å². The highest BCUT2D eigenvalue weighted by molar-refractivity contribution is 5.96. The summed E-state index contributed by atoms with van der Waals surface area (Å²) in [7, 11) is 0. The third kappa shape index (κ3) is 4.23. The minimum atomic E-state index is -0.319. The first-order valence-corrected chi connectivity index (χ1v) is 11.7. The van der Waals surface area contributed by atoms with E-state index in [1.807, 2.05) is 61.5 Å². The Morgan fingerprint density at radius 2 is 1.72 bits per heavy atom. The van der Waals surface area contributed by atoms with Gasteiger partial charge in [0.05, 0.1) is 18.0 Å². The van der Waals surface area contributed by atoms with Crippen molar-refractivity contribution < 1.29 is 0 Å². The topological polar surface area (TPSA) is 64.2 Å². The molecule has 5 aromatic rings. The molecule has 0 aliphatic heterocycles. The Bertz CT molecular complexity index is 1670. The van der Waals surface area contributed by atoms with Gasteiger partial charge in [0.1, 0.15) is 11.6 Å². The van der Waals surface area contributed by atoms with Gasteiger partial charge in [-0.2, -0.15) is 0 Å². The third-order valence-electron chi connectivity index (χ3n) is 6.26. The molecule has 6 nitrogen and oxygen atoms in total. The molecule has 2 heterocycles. The fourth-order valence-corrected chi connectivity index (χ4v) is 4.45. The molecule has 0 fully saturated rings. The van der Waals surface area contributed by atoms with Crippen molar-refractivity contribution in [1.29, 1.82) is 0 Å². The van der Waals surface area contributed by atoms with E-state index >= 15 is 0 Å². The quantitative estimate of drug-likeness (QED) is 0.287. The van der Waals surface area contributed by atoms with Crippen LogP contribution in [-0.4, -0.2) is 14.5 Å². The van der Waals surface area contributed by atoms with Gasteiger partial charge in [0.15, 0.2) is 0 Å². The predicted molar refractivity (Wildman–Crippen MR) is 145 cm³/mol. The Morgan fingerprint density at radius 1 is 0.972 bits per heavy atom. The van der Waals surface area contributed by atoms with Crippen molar-refractivity contribution in [3.63, 3.8) is 0 Å².